The maximum absolute atomic E-state index is 10.1. The van der Waals surface area contributed by atoms with Gasteiger partial charge in [0.2, 0.25) is 0 Å². The van der Waals surface area contributed by atoms with Crippen molar-refractivity contribution in [2.45, 2.75) is 26.7 Å². The molecule has 0 radical (unpaired) electrons. The number of nitrogens with zero attached hydrogens (tertiary/aromatic N) is 2. The van der Waals surface area contributed by atoms with E-state index in [9.17, 15) is 20.4 Å². The standard InChI is InChI=1S/C20H22Br2N2O4/c1-11(15-7-13(25)9-17(21)19(15)27)23-5-3-4-6-24-12(2)16-8-14(26)10-18(22)20(16)28/h7-10,25-28H,3-6H2,1-2H3. The Morgan fingerprint density at radius 3 is 1.43 bits per heavy atom. The predicted molar refractivity (Wildman–Crippen MR) is 118 cm³/mol. The molecule has 2 rings (SSSR count). The average Bonchev–Trinajstić information content (AvgIpc) is 2.63. The Hall–Kier alpha value is -2.06. The molecular weight excluding hydrogens is 492 g/mol. The van der Waals surface area contributed by atoms with E-state index < -0.39 is 0 Å². The molecule has 0 aliphatic rings. The van der Waals surface area contributed by atoms with E-state index in [1.54, 1.807) is 13.8 Å². The summed E-state index contributed by atoms with van der Waals surface area (Å²) >= 11 is 6.40. The SMILES string of the molecule is CC(=NCCCCN=C(C)c1cc(O)cc(Br)c1O)c1cc(O)cc(Br)c1O. The van der Waals surface area contributed by atoms with Crippen molar-refractivity contribution in [3.05, 3.63) is 44.3 Å². The number of unbranched alkanes of at least 4 members (excludes halogenated alkanes) is 1. The number of hydrogen-bond acceptors (Lipinski definition) is 6. The minimum absolute atomic E-state index is 0.0522. The van der Waals surface area contributed by atoms with Crippen molar-refractivity contribution in [1.29, 1.82) is 0 Å². The summed E-state index contributed by atoms with van der Waals surface area (Å²) in [5.74, 6) is 0.217. The third-order valence-corrected chi connectivity index (χ3v) is 5.35. The maximum Gasteiger partial charge on any atom is 0.139 e. The smallest absolute Gasteiger partial charge is 0.139 e. The molecule has 2 aromatic carbocycles. The second-order valence-corrected chi connectivity index (χ2v) is 8.00. The summed E-state index contributed by atoms with van der Waals surface area (Å²) < 4.78 is 0.840. The lowest BCUT2D eigenvalue weighted by Gasteiger charge is -2.08. The van der Waals surface area contributed by atoms with Crippen LogP contribution in [-0.4, -0.2) is 44.9 Å². The molecule has 0 aliphatic heterocycles. The summed E-state index contributed by atoms with van der Waals surface area (Å²) in [6.07, 6.45) is 1.59. The van der Waals surface area contributed by atoms with Crippen molar-refractivity contribution in [1.82, 2.24) is 0 Å². The molecule has 2 aromatic rings. The molecule has 8 heteroatoms. The molecule has 0 atom stereocenters. The van der Waals surface area contributed by atoms with E-state index in [1.807, 2.05) is 0 Å². The highest BCUT2D eigenvalue weighted by Gasteiger charge is 2.11. The number of aliphatic imine (C=N–C) groups is 2. The van der Waals surface area contributed by atoms with Gasteiger partial charge in [-0.05, 0) is 82.8 Å². The van der Waals surface area contributed by atoms with Gasteiger partial charge < -0.3 is 20.4 Å². The molecule has 0 amide bonds. The summed E-state index contributed by atoms with van der Waals surface area (Å²) in [5.41, 5.74) is 2.27. The van der Waals surface area contributed by atoms with Crippen LogP contribution >= 0.6 is 31.9 Å². The second kappa shape index (κ2) is 9.93. The Kier molecular flexibility index (Phi) is 7.88. The van der Waals surface area contributed by atoms with Gasteiger partial charge in [0.25, 0.3) is 0 Å². The summed E-state index contributed by atoms with van der Waals surface area (Å²) in [6, 6.07) is 5.81. The Morgan fingerprint density at radius 1 is 0.714 bits per heavy atom. The third-order valence-electron chi connectivity index (χ3n) is 4.14. The quantitative estimate of drug-likeness (QED) is 0.234. The molecule has 6 nitrogen and oxygen atoms in total. The molecule has 0 saturated heterocycles. The van der Waals surface area contributed by atoms with Crippen molar-refractivity contribution < 1.29 is 20.4 Å². The normalized spacial score (nSPS) is 12.4. The van der Waals surface area contributed by atoms with Gasteiger partial charge in [-0.1, -0.05) is 0 Å². The Bertz CT molecular complexity index is 851. The molecular formula is C20H22Br2N2O4. The first-order valence-electron chi connectivity index (χ1n) is 8.66. The first-order valence-corrected chi connectivity index (χ1v) is 10.2. The zero-order valence-electron chi connectivity index (χ0n) is 15.6. The van der Waals surface area contributed by atoms with E-state index in [-0.39, 0.29) is 23.0 Å². The second-order valence-electron chi connectivity index (χ2n) is 6.29. The number of phenols is 4. The molecule has 0 bridgehead atoms. The number of phenolic OH excluding ortho intramolecular Hbond substituents is 4. The number of aromatic hydroxyl groups is 4. The summed E-state index contributed by atoms with van der Waals surface area (Å²) in [7, 11) is 0. The van der Waals surface area contributed by atoms with Gasteiger partial charge in [-0.2, -0.15) is 0 Å². The van der Waals surface area contributed by atoms with E-state index in [0.29, 0.717) is 44.6 Å². The Balaban J connectivity index is 1.91. The van der Waals surface area contributed by atoms with Crippen LogP contribution in [0.15, 0.2) is 43.2 Å². The maximum atomic E-state index is 10.1. The molecule has 150 valence electrons. The van der Waals surface area contributed by atoms with Crippen LogP contribution in [0.4, 0.5) is 0 Å². The van der Waals surface area contributed by atoms with Gasteiger partial charge in [-0.25, -0.2) is 0 Å². The lowest BCUT2D eigenvalue weighted by molar-refractivity contribution is 0.456. The molecule has 0 fully saturated rings. The van der Waals surface area contributed by atoms with Gasteiger partial charge in [-0.3, -0.25) is 9.98 Å². The van der Waals surface area contributed by atoms with Crippen LogP contribution in [0.1, 0.15) is 37.8 Å². The first kappa shape index (κ1) is 22.2. The number of benzene rings is 2. The molecule has 28 heavy (non-hydrogen) atoms. The van der Waals surface area contributed by atoms with E-state index in [0.717, 1.165) is 12.8 Å². The van der Waals surface area contributed by atoms with Gasteiger partial charge in [-0.15, -0.1) is 0 Å². The number of hydrogen-bond donors (Lipinski definition) is 4. The predicted octanol–water partition coefficient (Wildman–Crippen LogP) is 5.13. The summed E-state index contributed by atoms with van der Waals surface area (Å²) in [6.45, 7) is 4.70. The van der Waals surface area contributed by atoms with Crippen molar-refractivity contribution in [2.75, 3.05) is 13.1 Å². The van der Waals surface area contributed by atoms with Crippen molar-refractivity contribution in [3.63, 3.8) is 0 Å². The van der Waals surface area contributed by atoms with Crippen molar-refractivity contribution in [3.8, 4) is 23.0 Å². The number of rotatable bonds is 7. The minimum Gasteiger partial charge on any atom is -0.508 e. The molecule has 0 aromatic heterocycles. The van der Waals surface area contributed by atoms with E-state index >= 15 is 0 Å². The fourth-order valence-electron chi connectivity index (χ4n) is 2.61. The largest absolute Gasteiger partial charge is 0.508 e. The zero-order chi connectivity index (χ0) is 20.8. The highest BCUT2D eigenvalue weighted by molar-refractivity contribution is 9.10. The van der Waals surface area contributed by atoms with Gasteiger partial charge >= 0.3 is 0 Å². The van der Waals surface area contributed by atoms with Crippen LogP contribution in [0.2, 0.25) is 0 Å². The van der Waals surface area contributed by atoms with Gasteiger partial charge in [0, 0.05) is 35.6 Å². The van der Waals surface area contributed by atoms with E-state index in [1.165, 1.54) is 24.3 Å². The van der Waals surface area contributed by atoms with Crippen LogP contribution in [0.5, 0.6) is 23.0 Å². The highest BCUT2D eigenvalue weighted by Crippen LogP contribution is 2.33. The lowest BCUT2D eigenvalue weighted by Crippen LogP contribution is -2.00. The fraction of sp³-hybridized carbons (Fsp3) is 0.300. The van der Waals surface area contributed by atoms with Gasteiger partial charge in [0.15, 0.2) is 0 Å². The molecule has 0 spiro atoms. The first-order chi connectivity index (χ1) is 13.2. The number of halogens is 2. The van der Waals surface area contributed by atoms with Crippen LogP contribution < -0.4 is 0 Å². The fourth-order valence-corrected chi connectivity index (χ4v) is 3.50. The minimum atomic E-state index is 0.0522. The van der Waals surface area contributed by atoms with E-state index in [2.05, 4.69) is 41.8 Å². The van der Waals surface area contributed by atoms with Crippen molar-refractivity contribution >= 4 is 43.3 Å². The van der Waals surface area contributed by atoms with Crippen molar-refractivity contribution in [2.24, 2.45) is 9.98 Å². The van der Waals surface area contributed by atoms with E-state index in [4.69, 9.17) is 0 Å². The molecule has 0 saturated carbocycles. The van der Waals surface area contributed by atoms with Crippen LogP contribution in [0, 0.1) is 0 Å². The third kappa shape index (κ3) is 5.72. The average molecular weight is 514 g/mol. The summed E-state index contributed by atoms with van der Waals surface area (Å²) in [5, 5.41) is 39.5. The van der Waals surface area contributed by atoms with Crippen LogP contribution in [-0.2, 0) is 0 Å². The topological polar surface area (TPSA) is 106 Å². The Labute approximate surface area is 180 Å². The summed E-state index contributed by atoms with van der Waals surface area (Å²) in [4.78, 5) is 8.89. The highest BCUT2D eigenvalue weighted by atomic mass is 79.9. The zero-order valence-corrected chi connectivity index (χ0v) is 18.7. The monoisotopic (exact) mass is 512 g/mol. The van der Waals surface area contributed by atoms with Crippen LogP contribution in [0.3, 0.4) is 0 Å². The Morgan fingerprint density at radius 2 is 1.07 bits per heavy atom. The molecule has 0 heterocycles. The lowest BCUT2D eigenvalue weighted by atomic mass is 10.1. The molecule has 0 unspecified atom stereocenters. The van der Waals surface area contributed by atoms with Crippen LogP contribution in [0.25, 0.3) is 0 Å². The molecule has 4 N–H and O–H groups in total. The van der Waals surface area contributed by atoms with Gasteiger partial charge in [0.05, 0.1) is 8.95 Å². The van der Waals surface area contributed by atoms with Gasteiger partial charge in [0.1, 0.15) is 23.0 Å². The molecule has 0 aliphatic carbocycles.